The van der Waals surface area contributed by atoms with Crippen LogP contribution in [0.15, 0.2) is 40.8 Å². The average Bonchev–Trinajstić information content (AvgIpc) is 3.13. The van der Waals surface area contributed by atoms with E-state index in [1.54, 1.807) is 0 Å². The number of aryl methyl sites for hydroxylation is 2. The first kappa shape index (κ1) is 16.6. The van der Waals surface area contributed by atoms with Gasteiger partial charge in [-0.2, -0.15) is 0 Å². The lowest BCUT2D eigenvalue weighted by atomic mass is 10.1. The minimum atomic E-state index is -0.142. The van der Waals surface area contributed by atoms with E-state index in [4.69, 9.17) is 4.42 Å². The Labute approximate surface area is 143 Å². The highest BCUT2D eigenvalue weighted by atomic mass is 16.3. The van der Waals surface area contributed by atoms with Gasteiger partial charge < -0.3 is 15.1 Å². The molecule has 2 amide bonds. The van der Waals surface area contributed by atoms with Crippen molar-refractivity contribution in [1.29, 1.82) is 0 Å². The van der Waals surface area contributed by atoms with Gasteiger partial charge in [0.1, 0.15) is 11.5 Å². The third kappa shape index (κ3) is 4.38. The lowest BCUT2D eigenvalue weighted by Crippen LogP contribution is -2.34. The Hall–Kier alpha value is -2.27. The molecule has 2 N–H and O–H groups in total. The van der Waals surface area contributed by atoms with Crippen LogP contribution in [-0.4, -0.2) is 30.6 Å². The molecule has 0 unspecified atom stereocenters. The Morgan fingerprint density at radius 2 is 2.08 bits per heavy atom. The van der Waals surface area contributed by atoms with Crippen molar-refractivity contribution in [3.05, 3.63) is 53.5 Å². The zero-order valence-corrected chi connectivity index (χ0v) is 14.3. The second-order valence-electron chi connectivity index (χ2n) is 6.54. The Kier molecular flexibility index (Phi) is 5.20. The molecular formula is C19H25N3O2. The van der Waals surface area contributed by atoms with Gasteiger partial charge in [-0.05, 0) is 56.5 Å². The number of furan rings is 1. The van der Waals surface area contributed by atoms with E-state index in [0.717, 1.165) is 43.3 Å². The van der Waals surface area contributed by atoms with E-state index < -0.39 is 0 Å². The number of likely N-dealkylation sites (tertiary alicyclic amines) is 1. The van der Waals surface area contributed by atoms with E-state index in [0.29, 0.717) is 12.5 Å². The maximum Gasteiger partial charge on any atom is 0.319 e. The molecule has 0 aliphatic carbocycles. The molecule has 2 heterocycles. The number of amides is 2. The van der Waals surface area contributed by atoms with Gasteiger partial charge >= 0.3 is 6.03 Å². The second-order valence-corrected chi connectivity index (χ2v) is 6.54. The summed E-state index contributed by atoms with van der Waals surface area (Å²) in [6, 6.07) is 11.5. The molecular weight excluding hydrogens is 302 g/mol. The van der Waals surface area contributed by atoms with Gasteiger partial charge in [0.15, 0.2) is 0 Å². The molecule has 0 saturated carbocycles. The van der Waals surface area contributed by atoms with Gasteiger partial charge in [0, 0.05) is 18.8 Å². The largest absolute Gasteiger partial charge is 0.465 e. The first-order valence-corrected chi connectivity index (χ1v) is 8.48. The fourth-order valence-electron chi connectivity index (χ4n) is 3.10. The number of para-hydroxylation sites is 1. The number of urea groups is 1. The maximum atomic E-state index is 11.9. The normalized spacial score (nSPS) is 17.8. The minimum Gasteiger partial charge on any atom is -0.465 e. The maximum absolute atomic E-state index is 11.9. The summed E-state index contributed by atoms with van der Waals surface area (Å²) in [5, 5.41) is 5.82. The van der Waals surface area contributed by atoms with Gasteiger partial charge in [-0.15, -0.1) is 0 Å². The third-order valence-corrected chi connectivity index (χ3v) is 4.55. The summed E-state index contributed by atoms with van der Waals surface area (Å²) >= 11 is 0. The second kappa shape index (κ2) is 7.53. The predicted molar refractivity (Wildman–Crippen MR) is 95.0 cm³/mol. The van der Waals surface area contributed by atoms with Gasteiger partial charge in [0.05, 0.1) is 6.54 Å². The summed E-state index contributed by atoms with van der Waals surface area (Å²) in [5.41, 5.74) is 2.02. The van der Waals surface area contributed by atoms with Crippen LogP contribution in [-0.2, 0) is 6.54 Å². The van der Waals surface area contributed by atoms with Crippen molar-refractivity contribution in [2.45, 2.75) is 26.8 Å². The molecule has 1 aliphatic rings. The summed E-state index contributed by atoms with van der Waals surface area (Å²) in [7, 11) is 0. The zero-order valence-electron chi connectivity index (χ0n) is 14.3. The summed E-state index contributed by atoms with van der Waals surface area (Å²) in [6.07, 6.45) is 1.10. The van der Waals surface area contributed by atoms with Crippen molar-refractivity contribution in [2.24, 2.45) is 5.92 Å². The molecule has 3 rings (SSSR count). The van der Waals surface area contributed by atoms with Crippen LogP contribution in [0.1, 0.15) is 23.5 Å². The summed E-state index contributed by atoms with van der Waals surface area (Å²) in [6.45, 7) is 7.66. The highest BCUT2D eigenvalue weighted by molar-refractivity contribution is 5.89. The summed E-state index contributed by atoms with van der Waals surface area (Å²) in [5.74, 6) is 2.52. The molecule has 1 saturated heterocycles. The third-order valence-electron chi connectivity index (χ3n) is 4.55. The van der Waals surface area contributed by atoms with Gasteiger partial charge in [0.2, 0.25) is 0 Å². The first-order chi connectivity index (χ1) is 11.6. The first-order valence-electron chi connectivity index (χ1n) is 8.48. The van der Waals surface area contributed by atoms with Gasteiger partial charge in [-0.3, -0.25) is 4.90 Å². The lowest BCUT2D eigenvalue weighted by molar-refractivity contribution is 0.248. The molecule has 1 fully saturated rings. The van der Waals surface area contributed by atoms with Crippen LogP contribution in [0.4, 0.5) is 10.5 Å². The van der Waals surface area contributed by atoms with E-state index in [9.17, 15) is 4.79 Å². The molecule has 0 spiro atoms. The van der Waals surface area contributed by atoms with Crippen molar-refractivity contribution in [3.63, 3.8) is 0 Å². The van der Waals surface area contributed by atoms with Crippen LogP contribution in [0, 0.1) is 19.8 Å². The van der Waals surface area contributed by atoms with Crippen LogP contribution >= 0.6 is 0 Å². The van der Waals surface area contributed by atoms with E-state index in [-0.39, 0.29) is 6.03 Å². The number of nitrogens with zero attached hydrogens (tertiary/aromatic N) is 1. The molecule has 128 valence electrons. The molecule has 24 heavy (non-hydrogen) atoms. The van der Waals surface area contributed by atoms with Crippen LogP contribution in [0.2, 0.25) is 0 Å². The monoisotopic (exact) mass is 327 g/mol. The zero-order chi connectivity index (χ0) is 16.9. The van der Waals surface area contributed by atoms with Gasteiger partial charge in [-0.25, -0.2) is 4.79 Å². The van der Waals surface area contributed by atoms with Crippen molar-refractivity contribution in [3.8, 4) is 0 Å². The summed E-state index contributed by atoms with van der Waals surface area (Å²) < 4.78 is 5.75. The fourth-order valence-corrected chi connectivity index (χ4v) is 3.10. The number of carbonyl (C=O) groups excluding carboxylic acids is 1. The van der Waals surface area contributed by atoms with Crippen molar-refractivity contribution in [2.75, 3.05) is 25.0 Å². The van der Waals surface area contributed by atoms with Crippen LogP contribution in [0.25, 0.3) is 0 Å². The highest BCUT2D eigenvalue weighted by Gasteiger charge is 2.23. The number of rotatable bonds is 5. The molecule has 1 atom stereocenters. The Morgan fingerprint density at radius 1 is 1.29 bits per heavy atom. The Morgan fingerprint density at radius 3 is 2.79 bits per heavy atom. The molecule has 1 aliphatic heterocycles. The Bertz CT molecular complexity index is 662. The average molecular weight is 327 g/mol. The van der Waals surface area contributed by atoms with Crippen LogP contribution in [0.3, 0.4) is 0 Å². The van der Waals surface area contributed by atoms with Crippen LogP contribution < -0.4 is 10.6 Å². The quantitative estimate of drug-likeness (QED) is 0.883. The molecule has 5 nitrogen and oxygen atoms in total. The fraction of sp³-hybridized carbons (Fsp3) is 0.421. The van der Waals surface area contributed by atoms with E-state index >= 15 is 0 Å². The van der Waals surface area contributed by atoms with Crippen LogP contribution in [0.5, 0.6) is 0 Å². The minimum absolute atomic E-state index is 0.142. The SMILES string of the molecule is Cc1cc(CN2CC[C@@H](CNC(=O)Nc3ccccc3)C2)oc1C. The molecule has 5 heteroatoms. The standard InChI is InChI=1S/C19H25N3O2/c1-14-10-18(24-15(14)2)13-22-9-8-16(12-22)11-20-19(23)21-17-6-4-3-5-7-17/h3-7,10,16H,8-9,11-13H2,1-2H3,(H2,20,21,23)/t16-/m0/s1. The number of hydrogen-bond acceptors (Lipinski definition) is 3. The van der Waals surface area contributed by atoms with Crippen molar-refractivity contribution in [1.82, 2.24) is 10.2 Å². The highest BCUT2D eigenvalue weighted by Crippen LogP contribution is 2.20. The van der Waals surface area contributed by atoms with Crippen molar-refractivity contribution < 1.29 is 9.21 Å². The topological polar surface area (TPSA) is 57.5 Å². The van der Waals surface area contributed by atoms with Gasteiger partial charge in [0.25, 0.3) is 0 Å². The van der Waals surface area contributed by atoms with Crippen molar-refractivity contribution >= 4 is 11.7 Å². The number of hydrogen-bond donors (Lipinski definition) is 2. The predicted octanol–water partition coefficient (Wildman–Crippen LogP) is 3.54. The molecule has 0 radical (unpaired) electrons. The number of nitrogens with one attached hydrogen (secondary N) is 2. The molecule has 1 aromatic heterocycles. The van der Waals surface area contributed by atoms with Gasteiger partial charge in [-0.1, -0.05) is 18.2 Å². The molecule has 2 aromatic rings. The Balaban J connectivity index is 1.40. The van der Waals surface area contributed by atoms with E-state index in [1.165, 1.54) is 5.56 Å². The smallest absolute Gasteiger partial charge is 0.319 e. The number of benzene rings is 1. The van der Waals surface area contributed by atoms with E-state index in [1.807, 2.05) is 37.3 Å². The number of carbonyl (C=O) groups is 1. The number of anilines is 1. The van der Waals surface area contributed by atoms with E-state index in [2.05, 4.69) is 28.5 Å². The molecule has 1 aromatic carbocycles. The lowest BCUT2D eigenvalue weighted by Gasteiger charge is -2.15. The summed E-state index contributed by atoms with van der Waals surface area (Å²) in [4.78, 5) is 14.3. The molecule has 0 bridgehead atoms.